The van der Waals surface area contributed by atoms with E-state index in [1.807, 2.05) is 0 Å². The van der Waals surface area contributed by atoms with Crippen LogP contribution in [-0.2, 0) is 49.6 Å². The molecule has 0 saturated heterocycles. The van der Waals surface area contributed by atoms with Crippen molar-refractivity contribution in [1.29, 1.82) is 0 Å². The number of carboxylic acid groups (broad SMARTS) is 2. The molecule has 0 saturated carbocycles. The van der Waals surface area contributed by atoms with Crippen molar-refractivity contribution in [3.8, 4) is 5.75 Å². The van der Waals surface area contributed by atoms with Gasteiger partial charge in [-0.1, -0.05) is 32.4 Å². The van der Waals surface area contributed by atoms with Gasteiger partial charge in [-0.2, -0.15) is 0 Å². The number of nitrogens with one attached hydrogen (secondary N) is 6. The van der Waals surface area contributed by atoms with Gasteiger partial charge in [0, 0.05) is 6.42 Å². The van der Waals surface area contributed by atoms with Gasteiger partial charge in [-0.05, 0) is 30.5 Å². The molecule has 0 spiro atoms. The number of benzene rings is 1. The fraction of sp³-hybridized carbons (Fsp3) is 0.516. The lowest BCUT2D eigenvalue weighted by Gasteiger charge is -2.28. The van der Waals surface area contributed by atoms with Crippen molar-refractivity contribution in [3.05, 3.63) is 29.8 Å². The Bertz CT molecular complexity index is 1470. The molecule has 0 fully saturated rings. The van der Waals surface area contributed by atoms with E-state index in [1.165, 1.54) is 24.3 Å². The molecule has 52 heavy (non-hydrogen) atoms. The Labute approximate surface area is 297 Å². The number of phenols is 1. The van der Waals surface area contributed by atoms with Gasteiger partial charge in [-0.15, -0.1) is 0 Å². The minimum Gasteiger partial charge on any atom is -0.508 e. The summed E-state index contributed by atoms with van der Waals surface area (Å²) in [7, 11) is 0. The van der Waals surface area contributed by atoms with Gasteiger partial charge in [0.25, 0.3) is 0 Å². The number of aliphatic carboxylic acids is 2. The van der Waals surface area contributed by atoms with Crippen LogP contribution in [0.25, 0.3) is 0 Å². The lowest BCUT2D eigenvalue weighted by atomic mass is 9.97. The maximum atomic E-state index is 13.3. The molecule has 14 N–H and O–H groups in total. The Balaban J connectivity index is 3.10. The third-order valence-electron chi connectivity index (χ3n) is 7.61. The average Bonchev–Trinajstić information content (AvgIpc) is 3.08. The zero-order valence-electron chi connectivity index (χ0n) is 28.7. The van der Waals surface area contributed by atoms with Crippen LogP contribution < -0.4 is 43.4 Å². The molecule has 0 aliphatic carbocycles. The first kappa shape index (κ1) is 44.2. The van der Waals surface area contributed by atoms with Crippen molar-refractivity contribution in [2.24, 2.45) is 17.4 Å². The second-order valence-corrected chi connectivity index (χ2v) is 11.8. The highest BCUT2D eigenvalue weighted by molar-refractivity contribution is 5.98. The smallest absolute Gasteiger partial charge is 0.326 e. The van der Waals surface area contributed by atoms with Crippen molar-refractivity contribution >= 4 is 53.3 Å². The van der Waals surface area contributed by atoms with Crippen LogP contribution in [0, 0.1) is 5.92 Å². The van der Waals surface area contributed by atoms with Gasteiger partial charge >= 0.3 is 11.9 Å². The van der Waals surface area contributed by atoms with Crippen LogP contribution in [0.1, 0.15) is 45.6 Å². The van der Waals surface area contributed by atoms with E-state index < -0.39 is 121 Å². The molecular weight excluding hydrogens is 692 g/mol. The molecule has 21 heteroatoms. The summed E-state index contributed by atoms with van der Waals surface area (Å²) in [5.74, 6) is -10.8. The summed E-state index contributed by atoms with van der Waals surface area (Å²) in [5, 5.41) is 51.3. The van der Waals surface area contributed by atoms with E-state index >= 15 is 0 Å². The fourth-order valence-electron chi connectivity index (χ4n) is 4.48. The molecule has 0 aromatic heterocycles. The molecule has 0 aliphatic heterocycles. The number of aliphatic hydroxyl groups is 1. The van der Waals surface area contributed by atoms with Gasteiger partial charge in [0.15, 0.2) is 0 Å². The van der Waals surface area contributed by atoms with Crippen LogP contribution in [0.4, 0.5) is 0 Å². The van der Waals surface area contributed by atoms with Crippen LogP contribution in [0.15, 0.2) is 24.3 Å². The van der Waals surface area contributed by atoms with E-state index in [-0.39, 0.29) is 12.2 Å². The second kappa shape index (κ2) is 21.4. The number of carbonyl (C=O) groups excluding carboxylic acids is 7. The molecule has 21 nitrogen and oxygen atoms in total. The Morgan fingerprint density at radius 3 is 1.71 bits per heavy atom. The van der Waals surface area contributed by atoms with Crippen molar-refractivity contribution < 1.29 is 63.6 Å². The summed E-state index contributed by atoms with van der Waals surface area (Å²) >= 11 is 0. The van der Waals surface area contributed by atoms with Crippen LogP contribution in [0.2, 0.25) is 0 Å². The zero-order valence-corrected chi connectivity index (χ0v) is 28.7. The number of amides is 7. The van der Waals surface area contributed by atoms with Crippen molar-refractivity contribution in [1.82, 2.24) is 31.9 Å². The maximum Gasteiger partial charge on any atom is 0.326 e. The number of carbonyl (C=O) groups is 9. The molecule has 0 aliphatic rings. The van der Waals surface area contributed by atoms with Gasteiger partial charge < -0.3 is 63.8 Å². The van der Waals surface area contributed by atoms with Gasteiger partial charge in [0.05, 0.1) is 26.0 Å². The number of hydrogen-bond donors (Lipinski definition) is 12. The summed E-state index contributed by atoms with van der Waals surface area (Å²) in [6, 6.07) is -4.04. The first-order valence-corrected chi connectivity index (χ1v) is 16.0. The standard InChI is InChI=1S/C31H46N8O13/c1-4-14(2)25(39-29(49)21(13-40)35-23(43)12-32)30(50)37-18(10-22(33)42)27(47)34-15(3)26(46)36-19(11-24(44)45)28(48)38-20(31(51)52)9-16-5-7-17(41)8-6-16/h5-8,14-15,18-21,25,40-41H,4,9-13,32H2,1-3H3,(H2,33,42)(H,34,47)(H,35,43)(H,36,46)(H,37,50)(H,38,48)(H,39,49)(H,44,45)(H,51,52)/t14-,15-,18-,19-,20-,21-,25-/m0/s1. The Morgan fingerprint density at radius 1 is 0.692 bits per heavy atom. The Morgan fingerprint density at radius 2 is 1.21 bits per heavy atom. The molecule has 0 heterocycles. The van der Waals surface area contributed by atoms with Crippen molar-refractivity contribution in [2.75, 3.05) is 13.2 Å². The number of phenolic OH excluding ortho intramolecular Hbond substituents is 1. The maximum absolute atomic E-state index is 13.3. The molecule has 1 aromatic rings. The molecule has 1 aromatic carbocycles. The highest BCUT2D eigenvalue weighted by atomic mass is 16.4. The fourth-order valence-corrected chi connectivity index (χ4v) is 4.48. The highest BCUT2D eigenvalue weighted by Gasteiger charge is 2.34. The average molecular weight is 739 g/mol. The predicted molar refractivity (Wildman–Crippen MR) is 178 cm³/mol. The molecule has 7 atom stereocenters. The van der Waals surface area contributed by atoms with E-state index in [0.717, 1.165) is 6.92 Å². The summed E-state index contributed by atoms with van der Waals surface area (Å²) < 4.78 is 0. The largest absolute Gasteiger partial charge is 0.508 e. The number of rotatable bonds is 22. The number of aromatic hydroxyl groups is 1. The number of nitrogens with two attached hydrogens (primary N) is 2. The summed E-state index contributed by atoms with van der Waals surface area (Å²) in [5.41, 5.74) is 10.9. The lowest BCUT2D eigenvalue weighted by molar-refractivity contribution is -0.143. The van der Waals surface area contributed by atoms with Gasteiger partial charge in [0.2, 0.25) is 41.4 Å². The van der Waals surface area contributed by atoms with Crippen LogP contribution in [-0.4, -0.2) is 123 Å². The minimum absolute atomic E-state index is 0.0868. The Kier molecular flexibility index (Phi) is 18.2. The van der Waals surface area contributed by atoms with Crippen LogP contribution >= 0.6 is 0 Å². The first-order chi connectivity index (χ1) is 24.3. The summed E-state index contributed by atoms with van der Waals surface area (Å²) in [6.45, 7) is 3.06. The number of carboxylic acids is 2. The summed E-state index contributed by atoms with van der Waals surface area (Å²) in [4.78, 5) is 112. The molecule has 0 bridgehead atoms. The zero-order chi connectivity index (χ0) is 39.7. The number of hydrogen-bond acceptors (Lipinski definition) is 12. The molecule has 0 unspecified atom stereocenters. The monoisotopic (exact) mass is 738 g/mol. The van der Waals surface area contributed by atoms with E-state index in [0.29, 0.717) is 12.0 Å². The highest BCUT2D eigenvalue weighted by Crippen LogP contribution is 2.12. The normalized spacial score (nSPS) is 14.8. The third-order valence-corrected chi connectivity index (χ3v) is 7.61. The first-order valence-electron chi connectivity index (χ1n) is 16.0. The van der Waals surface area contributed by atoms with E-state index in [9.17, 15) is 63.6 Å². The lowest BCUT2D eigenvalue weighted by Crippen LogP contribution is -2.61. The van der Waals surface area contributed by atoms with Gasteiger partial charge in [-0.25, -0.2) is 4.79 Å². The van der Waals surface area contributed by atoms with E-state index in [1.54, 1.807) is 13.8 Å². The third kappa shape index (κ3) is 15.0. The molecular formula is C31H46N8O13. The van der Waals surface area contributed by atoms with Crippen molar-refractivity contribution in [3.63, 3.8) is 0 Å². The number of primary amides is 1. The number of aliphatic hydroxyl groups excluding tert-OH is 1. The van der Waals surface area contributed by atoms with Crippen LogP contribution in [0.3, 0.4) is 0 Å². The quantitative estimate of drug-likeness (QED) is 0.0532. The minimum atomic E-state index is -1.82. The summed E-state index contributed by atoms with van der Waals surface area (Å²) in [6.07, 6.45) is -1.71. The van der Waals surface area contributed by atoms with E-state index in [2.05, 4.69) is 31.9 Å². The van der Waals surface area contributed by atoms with Gasteiger partial charge in [-0.3, -0.25) is 38.4 Å². The van der Waals surface area contributed by atoms with Gasteiger partial charge in [0.1, 0.15) is 42.0 Å². The topological polar surface area (TPSA) is 359 Å². The van der Waals surface area contributed by atoms with E-state index in [4.69, 9.17) is 11.5 Å². The predicted octanol–water partition coefficient (Wildman–Crippen LogP) is -4.70. The molecule has 0 radical (unpaired) electrons. The molecule has 1 rings (SSSR count). The molecule has 7 amide bonds. The van der Waals surface area contributed by atoms with Crippen molar-refractivity contribution in [2.45, 2.75) is 82.7 Å². The molecule has 288 valence electrons. The van der Waals surface area contributed by atoms with Crippen LogP contribution in [0.5, 0.6) is 5.75 Å². The Hall–Kier alpha value is -5.83. The second-order valence-electron chi connectivity index (χ2n) is 11.8. The SMILES string of the molecule is CC[C@H](C)[C@H](NC(=O)[C@H](CO)NC(=O)CN)C(=O)N[C@@H](CC(N)=O)C(=O)N[C@@H](C)C(=O)N[C@@H](CC(=O)O)C(=O)N[C@@H](Cc1ccc(O)cc1)C(=O)O.